The van der Waals surface area contributed by atoms with E-state index in [2.05, 4.69) is 5.32 Å². The summed E-state index contributed by atoms with van der Waals surface area (Å²) in [7, 11) is -4.19. The number of anilines is 1. The third-order valence-corrected chi connectivity index (χ3v) is 6.33. The number of nitrogens with one attached hydrogen (secondary N) is 1. The van der Waals surface area contributed by atoms with Gasteiger partial charge in [-0.1, -0.05) is 24.3 Å². The van der Waals surface area contributed by atoms with E-state index in [0.29, 0.717) is 0 Å². The van der Waals surface area contributed by atoms with E-state index in [0.717, 1.165) is 51.8 Å². The van der Waals surface area contributed by atoms with Crippen LogP contribution in [-0.2, 0) is 21.4 Å². The Morgan fingerprint density at radius 2 is 1.47 bits per heavy atom. The number of amides is 1. The second kappa shape index (κ2) is 9.04. The molecule has 0 unspecified atom stereocenters. The van der Waals surface area contributed by atoms with Gasteiger partial charge in [0, 0.05) is 6.54 Å². The summed E-state index contributed by atoms with van der Waals surface area (Å²) in [5, 5.41) is 2.70. The maximum Gasteiger partial charge on any atom is 0.264 e. The lowest BCUT2D eigenvalue weighted by molar-refractivity contribution is -0.119. The van der Waals surface area contributed by atoms with Gasteiger partial charge in [-0.05, 0) is 66.6 Å². The SMILES string of the molecule is Cc1ccccc1CNC(=O)CN(c1ccc(F)cc1)S(=O)(=O)c1ccc(F)cc1. The zero-order chi connectivity index (χ0) is 21.7. The van der Waals surface area contributed by atoms with Gasteiger partial charge >= 0.3 is 0 Å². The van der Waals surface area contributed by atoms with Crippen LogP contribution in [0.3, 0.4) is 0 Å². The number of halogens is 2. The van der Waals surface area contributed by atoms with E-state index < -0.39 is 34.1 Å². The van der Waals surface area contributed by atoms with Gasteiger partial charge in [0.2, 0.25) is 5.91 Å². The highest BCUT2D eigenvalue weighted by molar-refractivity contribution is 7.92. The van der Waals surface area contributed by atoms with Crippen LogP contribution < -0.4 is 9.62 Å². The minimum Gasteiger partial charge on any atom is -0.350 e. The molecule has 0 radical (unpaired) electrons. The van der Waals surface area contributed by atoms with Crippen LogP contribution in [0, 0.1) is 18.6 Å². The average molecular weight is 430 g/mol. The van der Waals surface area contributed by atoms with Crippen LogP contribution >= 0.6 is 0 Å². The molecule has 5 nitrogen and oxygen atoms in total. The molecule has 0 heterocycles. The highest BCUT2D eigenvalue weighted by Gasteiger charge is 2.27. The summed E-state index contributed by atoms with van der Waals surface area (Å²) >= 11 is 0. The van der Waals surface area contributed by atoms with Crippen molar-refractivity contribution in [3.05, 3.63) is 95.6 Å². The standard InChI is InChI=1S/C22H20F2N2O3S/c1-16-4-2-3-5-17(16)14-25-22(27)15-26(20-10-6-18(23)7-11-20)30(28,29)21-12-8-19(24)9-13-21/h2-13H,14-15H2,1H3,(H,25,27). The molecule has 0 saturated heterocycles. The highest BCUT2D eigenvalue weighted by Crippen LogP contribution is 2.24. The Balaban J connectivity index is 1.86. The van der Waals surface area contributed by atoms with Crippen LogP contribution in [0.4, 0.5) is 14.5 Å². The zero-order valence-electron chi connectivity index (χ0n) is 16.2. The first-order chi connectivity index (χ1) is 14.3. The lowest BCUT2D eigenvalue weighted by atomic mass is 10.1. The van der Waals surface area contributed by atoms with Crippen molar-refractivity contribution in [3.8, 4) is 0 Å². The number of benzene rings is 3. The Labute approximate surface area is 174 Å². The maximum atomic E-state index is 13.3. The summed E-state index contributed by atoms with van der Waals surface area (Å²) in [5.74, 6) is -1.66. The van der Waals surface area contributed by atoms with Crippen LogP contribution in [0.5, 0.6) is 0 Å². The molecule has 30 heavy (non-hydrogen) atoms. The normalized spacial score (nSPS) is 11.2. The molecule has 1 N–H and O–H groups in total. The summed E-state index contributed by atoms with van der Waals surface area (Å²) in [6, 6.07) is 16.5. The van der Waals surface area contributed by atoms with Gasteiger partial charge in [0.15, 0.2) is 0 Å². The minimum absolute atomic E-state index is 0.117. The molecule has 1 amide bonds. The van der Waals surface area contributed by atoms with Gasteiger partial charge in [-0.15, -0.1) is 0 Å². The zero-order valence-corrected chi connectivity index (χ0v) is 17.0. The van der Waals surface area contributed by atoms with E-state index in [9.17, 15) is 22.0 Å². The Bertz CT molecular complexity index is 1130. The topological polar surface area (TPSA) is 66.5 Å². The number of rotatable bonds is 7. The van der Waals surface area contributed by atoms with Crippen molar-refractivity contribution >= 4 is 21.6 Å². The summed E-state index contributed by atoms with van der Waals surface area (Å²) in [6.07, 6.45) is 0. The Kier molecular flexibility index (Phi) is 6.47. The van der Waals surface area contributed by atoms with Gasteiger partial charge < -0.3 is 5.32 Å². The van der Waals surface area contributed by atoms with Gasteiger partial charge in [0.1, 0.15) is 18.2 Å². The lowest BCUT2D eigenvalue weighted by Crippen LogP contribution is -2.40. The van der Waals surface area contributed by atoms with E-state index in [1.165, 1.54) is 12.1 Å². The monoisotopic (exact) mass is 430 g/mol. The van der Waals surface area contributed by atoms with Crippen molar-refractivity contribution in [2.24, 2.45) is 0 Å². The van der Waals surface area contributed by atoms with Crippen molar-refractivity contribution in [1.29, 1.82) is 0 Å². The number of carbonyl (C=O) groups excluding carboxylic acids is 1. The molecule has 156 valence electrons. The molecule has 0 bridgehead atoms. The van der Waals surface area contributed by atoms with E-state index in [-0.39, 0.29) is 17.1 Å². The van der Waals surface area contributed by atoms with Crippen molar-refractivity contribution in [2.45, 2.75) is 18.4 Å². The number of aryl methyl sites for hydroxylation is 1. The predicted molar refractivity (Wildman–Crippen MR) is 110 cm³/mol. The molecule has 3 aromatic rings. The third kappa shape index (κ3) is 5.01. The second-order valence-electron chi connectivity index (χ2n) is 6.65. The summed E-state index contributed by atoms with van der Waals surface area (Å²) in [4.78, 5) is 12.4. The number of hydrogen-bond donors (Lipinski definition) is 1. The molecule has 0 aliphatic rings. The van der Waals surface area contributed by atoms with E-state index in [1.807, 2.05) is 31.2 Å². The highest BCUT2D eigenvalue weighted by atomic mass is 32.2. The van der Waals surface area contributed by atoms with Crippen molar-refractivity contribution in [2.75, 3.05) is 10.8 Å². The minimum atomic E-state index is -4.19. The molecule has 0 atom stereocenters. The molecule has 0 aliphatic heterocycles. The van der Waals surface area contributed by atoms with Crippen molar-refractivity contribution in [1.82, 2.24) is 5.32 Å². The van der Waals surface area contributed by atoms with Gasteiger partial charge in [-0.25, -0.2) is 17.2 Å². The smallest absolute Gasteiger partial charge is 0.264 e. The van der Waals surface area contributed by atoms with Crippen LogP contribution in [0.2, 0.25) is 0 Å². The molecule has 8 heteroatoms. The molecule has 3 aromatic carbocycles. The van der Waals surface area contributed by atoms with Gasteiger partial charge in [-0.3, -0.25) is 9.10 Å². The quantitative estimate of drug-likeness (QED) is 0.620. The number of carbonyl (C=O) groups is 1. The Morgan fingerprint density at radius 3 is 2.07 bits per heavy atom. The van der Waals surface area contributed by atoms with E-state index >= 15 is 0 Å². The molecule has 0 aromatic heterocycles. The first-order valence-electron chi connectivity index (χ1n) is 9.12. The van der Waals surface area contributed by atoms with Crippen LogP contribution in [0.15, 0.2) is 77.7 Å². The maximum absolute atomic E-state index is 13.3. The first-order valence-corrected chi connectivity index (χ1v) is 10.6. The lowest BCUT2D eigenvalue weighted by Gasteiger charge is -2.24. The largest absolute Gasteiger partial charge is 0.350 e. The fraction of sp³-hybridized carbons (Fsp3) is 0.136. The molecule has 0 fully saturated rings. The van der Waals surface area contributed by atoms with E-state index in [1.54, 1.807) is 0 Å². The number of nitrogens with zero attached hydrogens (tertiary/aromatic N) is 1. The first kappa shape index (κ1) is 21.4. The fourth-order valence-corrected chi connectivity index (χ4v) is 4.27. The summed E-state index contributed by atoms with van der Waals surface area (Å²) in [5.41, 5.74) is 2.01. The average Bonchev–Trinajstić information content (AvgIpc) is 2.72. The summed E-state index contributed by atoms with van der Waals surface area (Å²) in [6.45, 7) is 1.63. The van der Waals surface area contributed by atoms with Gasteiger partial charge in [0.05, 0.1) is 10.6 Å². The third-order valence-electron chi connectivity index (χ3n) is 4.54. The molecular weight excluding hydrogens is 410 g/mol. The van der Waals surface area contributed by atoms with Crippen LogP contribution in [0.1, 0.15) is 11.1 Å². The Hall–Kier alpha value is -3.26. The van der Waals surface area contributed by atoms with Gasteiger partial charge in [0.25, 0.3) is 10.0 Å². The second-order valence-corrected chi connectivity index (χ2v) is 8.51. The van der Waals surface area contributed by atoms with Crippen LogP contribution in [-0.4, -0.2) is 20.9 Å². The van der Waals surface area contributed by atoms with Crippen molar-refractivity contribution in [3.63, 3.8) is 0 Å². The Morgan fingerprint density at radius 1 is 0.900 bits per heavy atom. The number of sulfonamides is 1. The van der Waals surface area contributed by atoms with Crippen molar-refractivity contribution < 1.29 is 22.0 Å². The van der Waals surface area contributed by atoms with Gasteiger partial charge in [-0.2, -0.15) is 0 Å². The fourth-order valence-electron chi connectivity index (χ4n) is 2.84. The predicted octanol–water partition coefficient (Wildman–Crippen LogP) is 3.78. The number of hydrogen-bond acceptors (Lipinski definition) is 3. The molecule has 0 spiro atoms. The van der Waals surface area contributed by atoms with Crippen LogP contribution in [0.25, 0.3) is 0 Å². The van der Waals surface area contributed by atoms with E-state index in [4.69, 9.17) is 0 Å². The molecule has 0 aliphatic carbocycles. The molecule has 0 saturated carbocycles. The summed E-state index contributed by atoms with van der Waals surface area (Å²) < 4.78 is 53.7. The molecule has 3 rings (SSSR count). The molecular formula is C22H20F2N2O3S.